The van der Waals surface area contributed by atoms with Gasteiger partial charge in [0.15, 0.2) is 6.10 Å². The molecule has 1 saturated heterocycles. The normalized spacial score (nSPS) is 17.7. The van der Waals surface area contributed by atoms with Crippen molar-refractivity contribution in [3.8, 4) is 16.9 Å². The lowest BCUT2D eigenvalue weighted by Crippen LogP contribution is -2.50. The van der Waals surface area contributed by atoms with Gasteiger partial charge in [-0.15, -0.1) is 0 Å². The van der Waals surface area contributed by atoms with E-state index in [4.69, 9.17) is 21.1 Å². The average molecular weight is 452 g/mol. The number of halogens is 1. The third-order valence-corrected chi connectivity index (χ3v) is 6.17. The zero-order chi connectivity index (χ0) is 22.2. The van der Waals surface area contributed by atoms with E-state index < -0.39 is 12.1 Å². The van der Waals surface area contributed by atoms with Crippen molar-refractivity contribution in [3.05, 3.63) is 58.7 Å². The number of fused-ring (bicyclic) bond motifs is 2. The number of nitrogens with one attached hydrogen (secondary N) is 1. The van der Waals surface area contributed by atoms with E-state index in [-0.39, 0.29) is 5.91 Å². The number of nitrogens with zero attached hydrogens (tertiary/aromatic N) is 2. The maximum Gasteiger partial charge on any atom is 0.337 e. The Morgan fingerprint density at radius 2 is 1.97 bits per heavy atom. The number of hydrogen-bond acceptors (Lipinski definition) is 6. The fourth-order valence-corrected chi connectivity index (χ4v) is 4.62. The van der Waals surface area contributed by atoms with Crippen molar-refractivity contribution in [3.63, 3.8) is 0 Å². The molecule has 0 bridgehead atoms. The third kappa shape index (κ3) is 3.67. The highest BCUT2D eigenvalue weighted by molar-refractivity contribution is 6.31. The topological polar surface area (TPSA) is 80.8 Å². The Labute approximate surface area is 190 Å². The van der Waals surface area contributed by atoms with Crippen LogP contribution in [0.25, 0.3) is 22.0 Å². The van der Waals surface area contributed by atoms with E-state index in [1.54, 1.807) is 18.3 Å². The number of carbonyl (C=O) groups excluding carboxylic acids is 2. The van der Waals surface area contributed by atoms with E-state index in [2.05, 4.69) is 10.3 Å². The molecule has 3 heterocycles. The second-order valence-electron chi connectivity index (χ2n) is 7.91. The summed E-state index contributed by atoms with van der Waals surface area (Å²) in [6, 6.07) is 10.9. The Morgan fingerprint density at radius 1 is 1.16 bits per heavy atom. The highest BCUT2D eigenvalue weighted by Crippen LogP contribution is 2.43. The van der Waals surface area contributed by atoms with Gasteiger partial charge in [0, 0.05) is 60.3 Å². The SMILES string of the molecule is COC(=O)c1ccc2c(-c3cc(Cl)cc4c3O[C@H](C(=O)N3CCNCC3)C4)ccnc2c1. The maximum atomic E-state index is 13.0. The van der Waals surface area contributed by atoms with Gasteiger partial charge in [0.1, 0.15) is 5.75 Å². The van der Waals surface area contributed by atoms with Crippen LogP contribution >= 0.6 is 11.6 Å². The molecule has 2 aliphatic rings. The van der Waals surface area contributed by atoms with Gasteiger partial charge in [0.05, 0.1) is 18.2 Å². The van der Waals surface area contributed by atoms with Gasteiger partial charge in [-0.25, -0.2) is 4.79 Å². The van der Waals surface area contributed by atoms with E-state index in [0.717, 1.165) is 35.2 Å². The number of aromatic nitrogens is 1. The molecule has 0 radical (unpaired) electrons. The average Bonchev–Trinajstić information content (AvgIpc) is 3.26. The van der Waals surface area contributed by atoms with Crippen molar-refractivity contribution in [1.82, 2.24) is 15.2 Å². The van der Waals surface area contributed by atoms with E-state index in [1.165, 1.54) is 7.11 Å². The van der Waals surface area contributed by atoms with Gasteiger partial charge < -0.3 is 19.7 Å². The van der Waals surface area contributed by atoms with Crippen molar-refractivity contribution < 1.29 is 19.1 Å². The van der Waals surface area contributed by atoms with Crippen LogP contribution in [0.2, 0.25) is 5.02 Å². The van der Waals surface area contributed by atoms with Gasteiger partial charge in [0.25, 0.3) is 5.91 Å². The molecule has 0 saturated carbocycles. The number of methoxy groups -OCH3 is 1. The first kappa shape index (κ1) is 20.7. The van der Waals surface area contributed by atoms with Crippen molar-refractivity contribution in [1.29, 1.82) is 0 Å². The van der Waals surface area contributed by atoms with Gasteiger partial charge in [0.2, 0.25) is 0 Å². The largest absolute Gasteiger partial charge is 0.479 e. The number of pyridine rings is 1. The first-order valence-electron chi connectivity index (χ1n) is 10.5. The molecule has 32 heavy (non-hydrogen) atoms. The fraction of sp³-hybridized carbons (Fsp3) is 0.292. The molecule has 1 aromatic heterocycles. The van der Waals surface area contributed by atoms with Crippen LogP contribution in [0.3, 0.4) is 0 Å². The predicted octanol–water partition coefficient (Wildman–Crippen LogP) is 3.08. The molecule has 0 unspecified atom stereocenters. The van der Waals surface area contributed by atoms with E-state index in [1.807, 2.05) is 29.2 Å². The summed E-state index contributed by atoms with van der Waals surface area (Å²) in [5.74, 6) is 0.264. The van der Waals surface area contributed by atoms with E-state index in [0.29, 0.717) is 41.4 Å². The molecule has 2 aromatic carbocycles. The molecule has 7 nitrogen and oxygen atoms in total. The first-order chi connectivity index (χ1) is 15.5. The minimum absolute atomic E-state index is 0.00655. The van der Waals surface area contributed by atoms with Gasteiger partial charge in [-0.1, -0.05) is 17.7 Å². The number of piperazine rings is 1. The summed E-state index contributed by atoms with van der Waals surface area (Å²) in [5, 5.41) is 4.69. The highest BCUT2D eigenvalue weighted by atomic mass is 35.5. The Kier molecular flexibility index (Phi) is 5.45. The molecule has 1 amide bonds. The molecule has 1 atom stereocenters. The number of hydrogen-bond donors (Lipinski definition) is 1. The van der Waals surface area contributed by atoms with Crippen LogP contribution in [0.5, 0.6) is 5.75 Å². The summed E-state index contributed by atoms with van der Waals surface area (Å²) in [5.41, 5.74) is 3.68. The minimum atomic E-state index is -0.556. The lowest BCUT2D eigenvalue weighted by molar-refractivity contribution is -0.138. The second kappa shape index (κ2) is 8.41. The second-order valence-corrected chi connectivity index (χ2v) is 8.35. The first-order valence-corrected chi connectivity index (χ1v) is 10.9. The smallest absolute Gasteiger partial charge is 0.337 e. The molecular formula is C24H22ClN3O4. The Bertz CT molecular complexity index is 1220. The molecule has 1 fully saturated rings. The molecule has 164 valence electrons. The Hall–Kier alpha value is -3.16. The van der Waals surface area contributed by atoms with Gasteiger partial charge in [-0.2, -0.15) is 0 Å². The molecule has 8 heteroatoms. The molecule has 0 aliphatic carbocycles. The van der Waals surface area contributed by atoms with Crippen molar-refractivity contribution in [2.45, 2.75) is 12.5 Å². The summed E-state index contributed by atoms with van der Waals surface area (Å²) >= 11 is 6.46. The van der Waals surface area contributed by atoms with Gasteiger partial charge >= 0.3 is 5.97 Å². The summed E-state index contributed by atoms with van der Waals surface area (Å²) in [6.45, 7) is 2.94. The minimum Gasteiger partial charge on any atom is -0.479 e. The number of ether oxygens (including phenoxy) is 2. The number of benzene rings is 2. The van der Waals surface area contributed by atoms with E-state index in [9.17, 15) is 9.59 Å². The van der Waals surface area contributed by atoms with E-state index >= 15 is 0 Å². The zero-order valence-corrected chi connectivity index (χ0v) is 18.3. The van der Waals surface area contributed by atoms with Crippen LogP contribution in [-0.4, -0.2) is 61.2 Å². The number of esters is 1. The summed E-state index contributed by atoms with van der Waals surface area (Å²) in [6.07, 6.45) is 1.62. The maximum absolute atomic E-state index is 13.0. The number of rotatable bonds is 3. The van der Waals surface area contributed by atoms with Crippen LogP contribution in [0.15, 0.2) is 42.6 Å². The molecular weight excluding hydrogens is 430 g/mol. The molecule has 0 spiro atoms. The van der Waals surface area contributed by atoms with Crippen LogP contribution < -0.4 is 10.1 Å². The summed E-state index contributed by atoms with van der Waals surface area (Å²) in [7, 11) is 1.35. The molecule has 2 aliphatic heterocycles. The third-order valence-electron chi connectivity index (χ3n) is 5.95. The fourth-order valence-electron chi connectivity index (χ4n) is 4.38. The summed E-state index contributed by atoms with van der Waals surface area (Å²) in [4.78, 5) is 31.2. The summed E-state index contributed by atoms with van der Waals surface area (Å²) < 4.78 is 11.0. The molecule has 1 N–H and O–H groups in total. The lowest BCUT2D eigenvalue weighted by Gasteiger charge is -2.29. The lowest BCUT2D eigenvalue weighted by atomic mass is 9.97. The van der Waals surface area contributed by atoms with Gasteiger partial charge in [-0.3, -0.25) is 9.78 Å². The monoisotopic (exact) mass is 451 g/mol. The van der Waals surface area contributed by atoms with Crippen LogP contribution in [0.1, 0.15) is 15.9 Å². The Balaban J connectivity index is 1.53. The molecule has 3 aromatic rings. The number of amides is 1. The molecule has 5 rings (SSSR count). The van der Waals surface area contributed by atoms with Crippen molar-refractivity contribution >= 4 is 34.4 Å². The van der Waals surface area contributed by atoms with Gasteiger partial charge in [-0.05, 0) is 35.9 Å². The predicted molar refractivity (Wildman–Crippen MR) is 121 cm³/mol. The van der Waals surface area contributed by atoms with Crippen LogP contribution in [0.4, 0.5) is 0 Å². The standard InChI is InChI=1S/C24H22ClN3O4/c1-31-24(30)14-2-3-18-17(4-5-27-20(18)11-14)19-13-16(25)10-15-12-21(32-22(15)19)23(29)28-8-6-26-7-9-28/h2-5,10-11,13,21,26H,6-9,12H2,1H3/t21-/m0/s1. The van der Waals surface area contributed by atoms with Crippen LogP contribution in [0, 0.1) is 0 Å². The Morgan fingerprint density at radius 3 is 2.75 bits per heavy atom. The highest BCUT2D eigenvalue weighted by Gasteiger charge is 2.35. The van der Waals surface area contributed by atoms with Crippen molar-refractivity contribution in [2.75, 3.05) is 33.3 Å². The zero-order valence-electron chi connectivity index (χ0n) is 17.6. The van der Waals surface area contributed by atoms with Crippen molar-refractivity contribution in [2.24, 2.45) is 0 Å². The quantitative estimate of drug-likeness (QED) is 0.616. The number of carbonyl (C=O) groups is 2. The van der Waals surface area contributed by atoms with Crippen LogP contribution in [-0.2, 0) is 16.0 Å².